The van der Waals surface area contributed by atoms with Crippen LogP contribution in [-0.4, -0.2) is 54.1 Å². The maximum Gasteiger partial charge on any atom is 0.408 e. The van der Waals surface area contributed by atoms with E-state index >= 15 is 0 Å². The van der Waals surface area contributed by atoms with Crippen molar-refractivity contribution in [3.63, 3.8) is 0 Å². The molecule has 1 aliphatic rings. The topological polar surface area (TPSA) is 87.7 Å². The van der Waals surface area contributed by atoms with Crippen LogP contribution in [0.1, 0.15) is 44.0 Å². The van der Waals surface area contributed by atoms with Gasteiger partial charge in [0.05, 0.1) is 5.56 Å². The number of hydrogen-bond acceptors (Lipinski definition) is 4. The minimum atomic E-state index is -0.918. The predicted molar refractivity (Wildman–Crippen MR) is 97.7 cm³/mol. The van der Waals surface area contributed by atoms with Gasteiger partial charge in [-0.15, -0.1) is 0 Å². The molecule has 1 heterocycles. The third kappa shape index (κ3) is 6.47. The molecule has 0 unspecified atom stereocenters. The van der Waals surface area contributed by atoms with Gasteiger partial charge in [-0.05, 0) is 45.7 Å². The maximum atomic E-state index is 13.7. The smallest absolute Gasteiger partial charge is 0.408 e. The Hall–Kier alpha value is -2.71. The summed E-state index contributed by atoms with van der Waals surface area (Å²) in [5, 5.41) is 5.12. The van der Waals surface area contributed by atoms with Gasteiger partial charge in [-0.1, -0.05) is 0 Å². The number of nitrogens with one attached hydrogen (secondary N) is 2. The Kier molecular flexibility index (Phi) is 6.93. The van der Waals surface area contributed by atoms with Gasteiger partial charge in [0.25, 0.3) is 5.91 Å². The van der Waals surface area contributed by atoms with Crippen molar-refractivity contribution in [1.29, 1.82) is 0 Å². The number of benzene rings is 1. The molecule has 0 atom stereocenters. The number of rotatable bonds is 4. The van der Waals surface area contributed by atoms with Gasteiger partial charge in [0.2, 0.25) is 5.91 Å². The Morgan fingerprint density at radius 2 is 1.82 bits per heavy atom. The summed E-state index contributed by atoms with van der Waals surface area (Å²) < 4.78 is 31.7. The average molecular weight is 397 g/mol. The minimum absolute atomic E-state index is 0.174. The second-order valence-electron chi connectivity index (χ2n) is 7.61. The number of likely N-dealkylation sites (tertiary alicyclic amines) is 1. The van der Waals surface area contributed by atoms with E-state index in [0.29, 0.717) is 32.0 Å². The number of carbonyl (C=O) groups is 3. The Bertz CT molecular complexity index is 741. The van der Waals surface area contributed by atoms with Crippen LogP contribution in [0.15, 0.2) is 18.2 Å². The lowest BCUT2D eigenvalue weighted by Crippen LogP contribution is -2.49. The van der Waals surface area contributed by atoms with E-state index in [-0.39, 0.29) is 24.1 Å². The Labute approximate surface area is 162 Å². The third-order valence-corrected chi connectivity index (χ3v) is 4.14. The van der Waals surface area contributed by atoms with Gasteiger partial charge in [-0.25, -0.2) is 13.6 Å². The minimum Gasteiger partial charge on any atom is -0.444 e. The average Bonchev–Trinajstić information content (AvgIpc) is 2.58. The van der Waals surface area contributed by atoms with Gasteiger partial charge in [0, 0.05) is 25.2 Å². The number of ether oxygens (including phenoxy) is 1. The zero-order valence-corrected chi connectivity index (χ0v) is 16.2. The van der Waals surface area contributed by atoms with Crippen LogP contribution < -0.4 is 10.6 Å². The van der Waals surface area contributed by atoms with Crippen LogP contribution in [0.4, 0.5) is 13.6 Å². The first-order chi connectivity index (χ1) is 13.0. The molecular weight excluding hydrogens is 372 g/mol. The Morgan fingerprint density at radius 1 is 1.18 bits per heavy atom. The molecule has 0 aliphatic carbocycles. The predicted octanol–water partition coefficient (Wildman–Crippen LogP) is 2.21. The molecule has 7 nitrogen and oxygen atoms in total. The fourth-order valence-corrected chi connectivity index (χ4v) is 2.78. The van der Waals surface area contributed by atoms with Crippen molar-refractivity contribution in [3.05, 3.63) is 35.4 Å². The zero-order valence-electron chi connectivity index (χ0n) is 16.2. The first-order valence-electron chi connectivity index (χ1n) is 9.05. The van der Waals surface area contributed by atoms with E-state index in [1.807, 2.05) is 0 Å². The lowest BCUT2D eigenvalue weighted by atomic mass is 10.0. The first kappa shape index (κ1) is 21.6. The van der Waals surface area contributed by atoms with Gasteiger partial charge in [-0.3, -0.25) is 9.59 Å². The number of hydrogen-bond donors (Lipinski definition) is 2. The van der Waals surface area contributed by atoms with Crippen molar-refractivity contribution >= 4 is 17.9 Å². The quantitative estimate of drug-likeness (QED) is 0.816. The van der Waals surface area contributed by atoms with E-state index in [1.165, 1.54) is 0 Å². The molecule has 0 radical (unpaired) electrons. The monoisotopic (exact) mass is 397 g/mol. The molecule has 1 aromatic carbocycles. The van der Waals surface area contributed by atoms with Gasteiger partial charge in [0.1, 0.15) is 23.8 Å². The molecule has 2 rings (SSSR count). The molecule has 1 aromatic rings. The molecule has 1 saturated heterocycles. The second-order valence-corrected chi connectivity index (χ2v) is 7.61. The fourth-order valence-electron chi connectivity index (χ4n) is 2.78. The Balaban J connectivity index is 1.77. The highest BCUT2D eigenvalue weighted by Gasteiger charge is 2.25. The third-order valence-electron chi connectivity index (χ3n) is 4.14. The van der Waals surface area contributed by atoms with Gasteiger partial charge in [-0.2, -0.15) is 0 Å². The van der Waals surface area contributed by atoms with Crippen molar-refractivity contribution < 1.29 is 27.9 Å². The maximum absolute atomic E-state index is 13.7. The molecule has 9 heteroatoms. The lowest BCUT2D eigenvalue weighted by molar-refractivity contribution is -0.131. The normalized spacial score (nSPS) is 15.1. The van der Waals surface area contributed by atoms with Crippen LogP contribution >= 0.6 is 0 Å². The Morgan fingerprint density at radius 3 is 2.39 bits per heavy atom. The van der Waals surface area contributed by atoms with Gasteiger partial charge >= 0.3 is 6.09 Å². The molecule has 3 amide bonds. The number of nitrogens with zero attached hydrogens (tertiary/aromatic N) is 1. The van der Waals surface area contributed by atoms with Crippen molar-refractivity contribution in [2.45, 2.75) is 45.3 Å². The summed E-state index contributed by atoms with van der Waals surface area (Å²) in [5.41, 5.74) is -0.866. The molecule has 1 aliphatic heterocycles. The largest absolute Gasteiger partial charge is 0.444 e. The molecule has 0 bridgehead atoms. The standard InChI is InChI=1S/C19H25F2N3O4/c1-19(2,3)28-18(27)22-11-16(25)24-8-6-13(7-9-24)23-17(26)14-5-4-12(20)10-15(14)21/h4-5,10,13H,6-9,11H2,1-3H3,(H,22,27)(H,23,26). The van der Waals surface area contributed by atoms with Crippen LogP contribution in [0.3, 0.4) is 0 Å². The summed E-state index contributed by atoms with van der Waals surface area (Å²) in [6, 6.07) is 2.56. The number of alkyl carbamates (subject to hydrolysis) is 1. The van der Waals surface area contributed by atoms with Crippen molar-refractivity contribution in [1.82, 2.24) is 15.5 Å². The summed E-state index contributed by atoms with van der Waals surface area (Å²) in [6.45, 7) is 5.80. The van der Waals surface area contributed by atoms with Crippen molar-refractivity contribution in [3.8, 4) is 0 Å². The highest BCUT2D eigenvalue weighted by molar-refractivity contribution is 5.94. The number of amides is 3. The highest BCUT2D eigenvalue weighted by Crippen LogP contribution is 2.14. The van der Waals surface area contributed by atoms with Crippen LogP contribution in [0.5, 0.6) is 0 Å². The van der Waals surface area contributed by atoms with Gasteiger partial charge in [0.15, 0.2) is 0 Å². The van der Waals surface area contributed by atoms with E-state index in [2.05, 4.69) is 10.6 Å². The summed E-state index contributed by atoms with van der Waals surface area (Å²) in [4.78, 5) is 37.5. The van der Waals surface area contributed by atoms with Crippen molar-refractivity contribution in [2.24, 2.45) is 0 Å². The fraction of sp³-hybridized carbons (Fsp3) is 0.526. The zero-order chi connectivity index (χ0) is 20.9. The second kappa shape index (κ2) is 8.99. The van der Waals surface area contributed by atoms with E-state index in [0.717, 1.165) is 12.1 Å². The first-order valence-corrected chi connectivity index (χ1v) is 9.05. The van der Waals surface area contributed by atoms with E-state index in [9.17, 15) is 23.2 Å². The number of carbonyl (C=O) groups excluding carboxylic acids is 3. The van der Waals surface area contributed by atoms with E-state index in [1.54, 1.807) is 25.7 Å². The molecule has 28 heavy (non-hydrogen) atoms. The van der Waals surface area contributed by atoms with Crippen LogP contribution in [0.25, 0.3) is 0 Å². The summed E-state index contributed by atoms with van der Waals surface area (Å²) >= 11 is 0. The number of piperidine rings is 1. The SMILES string of the molecule is CC(C)(C)OC(=O)NCC(=O)N1CCC(NC(=O)c2ccc(F)cc2F)CC1. The van der Waals surface area contributed by atoms with Crippen LogP contribution in [-0.2, 0) is 9.53 Å². The van der Waals surface area contributed by atoms with Crippen LogP contribution in [0, 0.1) is 11.6 Å². The van der Waals surface area contributed by atoms with Gasteiger partial charge < -0.3 is 20.3 Å². The summed E-state index contributed by atoms with van der Waals surface area (Å²) in [6.07, 6.45) is 0.323. The molecule has 1 fully saturated rings. The lowest BCUT2D eigenvalue weighted by Gasteiger charge is -2.32. The molecular formula is C19H25F2N3O4. The van der Waals surface area contributed by atoms with Crippen molar-refractivity contribution in [2.75, 3.05) is 19.6 Å². The van der Waals surface area contributed by atoms with Crippen LogP contribution in [0.2, 0.25) is 0 Å². The molecule has 0 saturated carbocycles. The molecule has 2 N–H and O–H groups in total. The molecule has 154 valence electrons. The molecule has 0 spiro atoms. The molecule has 0 aromatic heterocycles. The highest BCUT2D eigenvalue weighted by atomic mass is 19.1. The van der Waals surface area contributed by atoms with E-state index in [4.69, 9.17) is 4.74 Å². The number of halogens is 2. The summed E-state index contributed by atoms with van der Waals surface area (Å²) in [7, 11) is 0. The summed E-state index contributed by atoms with van der Waals surface area (Å²) in [5.74, 6) is -2.53. The van der Waals surface area contributed by atoms with E-state index < -0.39 is 29.2 Å².